The molecular weight excluding hydrogens is 317 g/mol. The molecule has 19 heavy (non-hydrogen) atoms. The molecule has 0 aliphatic rings. The summed E-state index contributed by atoms with van der Waals surface area (Å²) < 4.78 is 5.12. The minimum Gasteiger partial charge on any atom is -0.507 e. The Morgan fingerprint density at radius 1 is 1.21 bits per heavy atom. The summed E-state index contributed by atoms with van der Waals surface area (Å²) >= 11 is 0. The molecule has 0 saturated heterocycles. The number of benzene rings is 2. The molecule has 0 aromatic heterocycles. The molecule has 2 rings (SSSR count). The molecule has 1 N–H and O–H groups in total. The Morgan fingerprint density at radius 3 is 2.53 bits per heavy atom. The molecule has 0 spiro atoms. The zero-order chi connectivity index (χ0) is 13.1. The normalized spacial score (nSPS) is 9.74. The number of carbonyl (C=O) groups is 1. The smallest absolute Gasteiger partial charge is 0.333 e. The molecule has 95 valence electrons. The van der Waals surface area contributed by atoms with Crippen LogP contribution in [0.3, 0.4) is 0 Å². The van der Waals surface area contributed by atoms with Crippen LogP contribution in [0.2, 0.25) is 0 Å². The van der Waals surface area contributed by atoms with E-state index in [0.717, 1.165) is 16.3 Å². The largest absolute Gasteiger partial charge is 0.507 e. The molecule has 0 unspecified atom stereocenters. The maximum atomic E-state index is 11.3. The first-order valence-corrected chi connectivity index (χ1v) is 5.62. The van der Waals surface area contributed by atoms with Crippen molar-refractivity contribution in [1.82, 2.24) is 0 Å². The van der Waals surface area contributed by atoms with Gasteiger partial charge >= 0.3 is 5.97 Å². The summed E-state index contributed by atoms with van der Waals surface area (Å²) in [4.78, 5) is 11.3. The Kier molecular flexibility index (Phi) is 5.70. The van der Waals surface area contributed by atoms with Gasteiger partial charge in [0, 0.05) is 43.7 Å². The summed E-state index contributed by atoms with van der Waals surface area (Å²) in [5, 5.41) is 11.4. The van der Waals surface area contributed by atoms with Gasteiger partial charge in [-0.2, -0.15) is 0 Å². The molecular formula is C15H14O3Y. The first kappa shape index (κ1) is 15.9. The average molecular weight is 331 g/mol. The number of rotatable bonds is 3. The molecule has 0 bridgehead atoms. The van der Waals surface area contributed by atoms with Crippen LogP contribution in [-0.2, 0) is 48.8 Å². The van der Waals surface area contributed by atoms with E-state index in [1.54, 1.807) is 19.1 Å². The molecule has 2 aromatic rings. The van der Waals surface area contributed by atoms with Crippen LogP contribution in [0, 0.1) is 0 Å². The zero-order valence-electron chi connectivity index (χ0n) is 10.7. The van der Waals surface area contributed by atoms with Gasteiger partial charge in [-0.1, -0.05) is 36.9 Å². The number of carbonyl (C=O) groups excluding carboxylic acids is 1. The van der Waals surface area contributed by atoms with Gasteiger partial charge in [0.05, 0.1) is 0 Å². The van der Waals surface area contributed by atoms with E-state index in [1.807, 2.05) is 24.3 Å². The van der Waals surface area contributed by atoms with Crippen LogP contribution in [0.25, 0.3) is 10.8 Å². The Bertz CT molecular complexity index is 620. The van der Waals surface area contributed by atoms with Gasteiger partial charge in [-0.15, -0.1) is 0 Å². The molecule has 0 amide bonds. The number of hydrogen-bond acceptors (Lipinski definition) is 3. The van der Waals surface area contributed by atoms with Crippen LogP contribution < -0.4 is 0 Å². The number of esters is 1. The standard InChI is InChI=1S/C15H14O3.Y/c1-10(2)15(17)18-9-11-5-3-7-13-12(11)6-4-8-14(13)16;/h3-8,16H,1,9H2,2H3;. The Balaban J connectivity index is 0.00000180. The molecule has 0 heterocycles. The first-order chi connectivity index (χ1) is 8.59. The molecule has 1 radical (unpaired) electrons. The summed E-state index contributed by atoms with van der Waals surface area (Å²) in [6, 6.07) is 10.8. The topological polar surface area (TPSA) is 46.5 Å². The maximum absolute atomic E-state index is 11.3. The van der Waals surface area contributed by atoms with Gasteiger partial charge in [-0.05, 0) is 23.9 Å². The number of phenols is 1. The van der Waals surface area contributed by atoms with E-state index >= 15 is 0 Å². The summed E-state index contributed by atoms with van der Waals surface area (Å²) in [6.07, 6.45) is 0. The fourth-order valence-electron chi connectivity index (χ4n) is 1.75. The monoisotopic (exact) mass is 331 g/mol. The first-order valence-electron chi connectivity index (χ1n) is 5.62. The number of ether oxygens (including phenoxy) is 1. The summed E-state index contributed by atoms with van der Waals surface area (Å²) in [5.74, 6) is -0.187. The van der Waals surface area contributed by atoms with Crippen molar-refractivity contribution < 1.29 is 47.3 Å². The molecule has 3 nitrogen and oxygen atoms in total. The third-order valence-electron chi connectivity index (χ3n) is 2.70. The van der Waals surface area contributed by atoms with Crippen molar-refractivity contribution in [2.75, 3.05) is 0 Å². The van der Waals surface area contributed by atoms with Crippen molar-refractivity contribution in [2.24, 2.45) is 0 Å². The fourth-order valence-corrected chi connectivity index (χ4v) is 1.75. The van der Waals surface area contributed by atoms with E-state index in [0.29, 0.717) is 5.57 Å². The summed E-state index contributed by atoms with van der Waals surface area (Å²) in [7, 11) is 0. The third kappa shape index (κ3) is 3.65. The second-order valence-corrected chi connectivity index (χ2v) is 4.15. The van der Waals surface area contributed by atoms with E-state index in [-0.39, 0.29) is 45.1 Å². The van der Waals surface area contributed by atoms with E-state index < -0.39 is 5.97 Å². The van der Waals surface area contributed by atoms with Crippen LogP contribution in [0.15, 0.2) is 48.6 Å². The molecule has 2 aromatic carbocycles. The average Bonchev–Trinajstić information content (AvgIpc) is 2.36. The van der Waals surface area contributed by atoms with Crippen molar-refractivity contribution in [3.05, 3.63) is 54.1 Å². The van der Waals surface area contributed by atoms with E-state index in [4.69, 9.17) is 4.74 Å². The molecule has 0 atom stereocenters. The fraction of sp³-hybridized carbons (Fsp3) is 0.133. The van der Waals surface area contributed by atoms with Gasteiger partial charge in [0.25, 0.3) is 0 Å². The second kappa shape index (κ2) is 6.83. The quantitative estimate of drug-likeness (QED) is 0.694. The van der Waals surface area contributed by atoms with Crippen molar-refractivity contribution in [3.8, 4) is 5.75 Å². The van der Waals surface area contributed by atoms with Gasteiger partial charge in [0.2, 0.25) is 0 Å². The SMILES string of the molecule is C=C(C)C(=O)OCc1cccc2c(O)cccc12.[Y]. The van der Waals surface area contributed by atoms with Crippen LogP contribution in [0.1, 0.15) is 12.5 Å². The minimum atomic E-state index is -0.410. The Labute approximate surface area is 137 Å². The van der Waals surface area contributed by atoms with Crippen LogP contribution in [0.5, 0.6) is 5.75 Å². The Morgan fingerprint density at radius 2 is 1.84 bits per heavy atom. The van der Waals surface area contributed by atoms with Crippen molar-refractivity contribution in [3.63, 3.8) is 0 Å². The van der Waals surface area contributed by atoms with Crippen molar-refractivity contribution in [2.45, 2.75) is 13.5 Å². The molecule has 0 saturated carbocycles. The van der Waals surface area contributed by atoms with Gasteiger partial charge in [0.1, 0.15) is 12.4 Å². The predicted octanol–water partition coefficient (Wildman–Crippen LogP) is 3.16. The molecule has 4 heteroatoms. The minimum absolute atomic E-state index is 0. The summed E-state index contributed by atoms with van der Waals surface area (Å²) in [5.41, 5.74) is 1.23. The van der Waals surface area contributed by atoms with Crippen LogP contribution in [0.4, 0.5) is 0 Å². The molecule has 0 aliphatic heterocycles. The summed E-state index contributed by atoms with van der Waals surface area (Å²) in [6.45, 7) is 5.31. The molecule has 0 aliphatic carbocycles. The molecule has 0 fully saturated rings. The number of phenolic OH excluding ortho intramolecular Hbond substituents is 1. The van der Waals surface area contributed by atoms with Crippen LogP contribution >= 0.6 is 0 Å². The second-order valence-electron chi connectivity index (χ2n) is 4.15. The van der Waals surface area contributed by atoms with Crippen molar-refractivity contribution >= 4 is 16.7 Å². The Hall–Kier alpha value is -1.19. The van der Waals surface area contributed by atoms with Gasteiger partial charge in [0.15, 0.2) is 0 Å². The van der Waals surface area contributed by atoms with E-state index in [9.17, 15) is 9.90 Å². The van der Waals surface area contributed by atoms with Gasteiger partial charge in [-0.3, -0.25) is 0 Å². The number of aromatic hydroxyl groups is 1. The maximum Gasteiger partial charge on any atom is 0.333 e. The van der Waals surface area contributed by atoms with Crippen LogP contribution in [-0.4, -0.2) is 11.1 Å². The van der Waals surface area contributed by atoms with E-state index in [1.165, 1.54) is 0 Å². The van der Waals surface area contributed by atoms with E-state index in [2.05, 4.69) is 6.58 Å². The zero-order valence-corrected chi connectivity index (χ0v) is 13.6. The predicted molar refractivity (Wildman–Crippen MR) is 70.2 cm³/mol. The third-order valence-corrected chi connectivity index (χ3v) is 2.70. The van der Waals surface area contributed by atoms with Gasteiger partial charge < -0.3 is 9.84 Å². The number of fused-ring (bicyclic) bond motifs is 1. The van der Waals surface area contributed by atoms with Gasteiger partial charge in [-0.25, -0.2) is 4.79 Å². The van der Waals surface area contributed by atoms with Crippen molar-refractivity contribution in [1.29, 1.82) is 0 Å². The number of hydrogen-bond donors (Lipinski definition) is 1.